The molecule has 2 aliphatic heterocycles. The first-order valence-electron chi connectivity index (χ1n) is 14.8. The Morgan fingerprint density at radius 2 is 1.89 bits per heavy atom. The molecule has 3 heterocycles. The van der Waals surface area contributed by atoms with Gasteiger partial charge >= 0.3 is 0 Å². The SMILES string of the molecule is C[C@H](/C=C/CCn1cc(CCO)nn1)[C@@]1(O)C(=O)N(Cc2cccc(N3C(=O)CCc4ccccc43)c2)c2ccc(Br)cc21. The number of amides is 2. The van der Waals surface area contributed by atoms with Crippen molar-refractivity contribution in [1.82, 2.24) is 15.0 Å². The number of aliphatic hydroxyl groups excluding tert-OH is 1. The molecule has 2 N–H and O–H groups in total. The van der Waals surface area contributed by atoms with Gasteiger partial charge in [0.25, 0.3) is 5.91 Å². The number of nitrogens with zero attached hydrogens (tertiary/aromatic N) is 5. The van der Waals surface area contributed by atoms with Gasteiger partial charge < -0.3 is 15.1 Å². The van der Waals surface area contributed by atoms with Crippen LogP contribution in [0.3, 0.4) is 0 Å². The monoisotopic (exact) mass is 655 g/mol. The molecule has 0 fully saturated rings. The molecule has 3 aromatic carbocycles. The number of allylic oxidation sites excluding steroid dienone is 1. The number of carbonyl (C=O) groups excluding carboxylic acids is 2. The van der Waals surface area contributed by atoms with Crippen molar-refractivity contribution in [2.24, 2.45) is 5.92 Å². The first kappa shape index (κ1) is 29.9. The average molecular weight is 657 g/mol. The van der Waals surface area contributed by atoms with Gasteiger partial charge in [-0.15, -0.1) is 5.10 Å². The Bertz CT molecular complexity index is 1740. The van der Waals surface area contributed by atoms with E-state index in [1.165, 1.54) is 0 Å². The van der Waals surface area contributed by atoms with Gasteiger partial charge in [-0.1, -0.05) is 70.6 Å². The van der Waals surface area contributed by atoms with Crippen LogP contribution >= 0.6 is 15.9 Å². The number of anilines is 3. The minimum Gasteiger partial charge on any atom is -0.396 e. The van der Waals surface area contributed by atoms with Gasteiger partial charge in [-0.25, -0.2) is 0 Å². The molecule has 2 aliphatic rings. The predicted molar refractivity (Wildman–Crippen MR) is 171 cm³/mol. The number of fused-ring (bicyclic) bond motifs is 2. The van der Waals surface area contributed by atoms with Crippen molar-refractivity contribution in [2.75, 3.05) is 16.4 Å². The van der Waals surface area contributed by atoms with Crippen molar-refractivity contribution >= 4 is 44.8 Å². The lowest BCUT2D eigenvalue weighted by molar-refractivity contribution is -0.139. The molecular weight excluding hydrogens is 622 g/mol. The number of para-hydroxylation sites is 1. The Morgan fingerprint density at radius 3 is 2.73 bits per heavy atom. The fraction of sp³-hybridized carbons (Fsp3) is 0.294. The van der Waals surface area contributed by atoms with E-state index in [2.05, 4.69) is 32.3 Å². The number of carbonyl (C=O) groups is 2. The van der Waals surface area contributed by atoms with Crippen LogP contribution in [-0.2, 0) is 41.1 Å². The summed E-state index contributed by atoms with van der Waals surface area (Å²) in [6.07, 6.45) is 7.88. The topological polar surface area (TPSA) is 112 Å². The molecule has 0 spiro atoms. The van der Waals surface area contributed by atoms with Crippen LogP contribution in [0.15, 0.2) is 89.6 Å². The number of hydrogen-bond donors (Lipinski definition) is 2. The summed E-state index contributed by atoms with van der Waals surface area (Å²) in [5.41, 5.74) is 3.81. The van der Waals surface area contributed by atoms with Gasteiger partial charge in [-0.3, -0.25) is 19.2 Å². The highest BCUT2D eigenvalue weighted by molar-refractivity contribution is 9.10. The first-order chi connectivity index (χ1) is 21.3. The normalized spacial score (nSPS) is 18.6. The van der Waals surface area contributed by atoms with E-state index in [4.69, 9.17) is 5.11 Å². The Morgan fingerprint density at radius 1 is 1.05 bits per heavy atom. The maximum Gasteiger partial charge on any atom is 0.264 e. The zero-order valence-electron chi connectivity index (χ0n) is 24.4. The fourth-order valence-corrected chi connectivity index (χ4v) is 6.45. The second-order valence-electron chi connectivity index (χ2n) is 11.3. The summed E-state index contributed by atoms with van der Waals surface area (Å²) in [5, 5.41) is 29.3. The molecule has 1 aromatic heterocycles. The van der Waals surface area contributed by atoms with E-state index >= 15 is 0 Å². The number of aromatic nitrogens is 3. The molecule has 0 saturated carbocycles. The van der Waals surface area contributed by atoms with Crippen LogP contribution in [0.1, 0.15) is 42.1 Å². The predicted octanol–water partition coefficient (Wildman–Crippen LogP) is 5.20. The standard InChI is InChI=1S/C34H34BrN5O4/c1-23(7-4-5-17-38-22-27(16-18-41)36-37-38)34(44)29-20-26(35)13-14-31(29)39(33(34)43)21-24-8-6-10-28(19-24)40-30-11-3-2-9-25(30)12-15-32(40)42/h2-4,6-11,13-14,19-20,22-23,41,44H,5,12,15-18,21H2,1H3/b7-4+/t23-,34+/m1/s1. The van der Waals surface area contributed by atoms with Crippen molar-refractivity contribution in [3.05, 3.63) is 112 Å². The van der Waals surface area contributed by atoms with E-state index in [1.54, 1.807) is 14.5 Å². The van der Waals surface area contributed by atoms with Crippen LogP contribution in [0.2, 0.25) is 0 Å². The number of halogens is 1. The maximum atomic E-state index is 14.1. The highest BCUT2D eigenvalue weighted by Gasteiger charge is 2.52. The smallest absolute Gasteiger partial charge is 0.264 e. The molecule has 0 radical (unpaired) electrons. The third-order valence-corrected chi connectivity index (χ3v) is 8.89. The van der Waals surface area contributed by atoms with E-state index in [9.17, 15) is 14.7 Å². The molecule has 10 heteroatoms. The summed E-state index contributed by atoms with van der Waals surface area (Å²) < 4.78 is 2.49. The van der Waals surface area contributed by atoms with Gasteiger partial charge in [0.2, 0.25) is 5.91 Å². The van der Waals surface area contributed by atoms with Crippen molar-refractivity contribution < 1.29 is 19.8 Å². The van der Waals surface area contributed by atoms with Crippen molar-refractivity contribution in [2.45, 2.75) is 51.3 Å². The van der Waals surface area contributed by atoms with Gasteiger partial charge in [0, 0.05) is 53.8 Å². The van der Waals surface area contributed by atoms with Gasteiger partial charge in [0.15, 0.2) is 5.60 Å². The molecule has 226 valence electrons. The minimum atomic E-state index is -1.75. The van der Waals surface area contributed by atoms with Crippen molar-refractivity contribution in [3.63, 3.8) is 0 Å². The molecule has 2 amide bonds. The highest BCUT2D eigenvalue weighted by atomic mass is 79.9. The second-order valence-corrected chi connectivity index (χ2v) is 12.2. The molecule has 0 unspecified atom stereocenters. The summed E-state index contributed by atoms with van der Waals surface area (Å²) >= 11 is 3.52. The summed E-state index contributed by atoms with van der Waals surface area (Å²) in [6.45, 7) is 2.70. The van der Waals surface area contributed by atoms with Crippen LogP contribution < -0.4 is 9.80 Å². The van der Waals surface area contributed by atoms with Crippen LogP contribution in [0.5, 0.6) is 0 Å². The summed E-state index contributed by atoms with van der Waals surface area (Å²) in [4.78, 5) is 30.5. The lowest BCUT2D eigenvalue weighted by Crippen LogP contribution is -2.44. The van der Waals surface area contributed by atoms with Crippen molar-refractivity contribution in [1.29, 1.82) is 0 Å². The Labute approximate surface area is 264 Å². The summed E-state index contributed by atoms with van der Waals surface area (Å²) in [7, 11) is 0. The zero-order chi connectivity index (χ0) is 30.8. The fourth-order valence-electron chi connectivity index (χ4n) is 6.09. The van der Waals surface area contributed by atoms with Crippen LogP contribution in [-0.4, -0.2) is 43.6 Å². The van der Waals surface area contributed by atoms with E-state index in [-0.39, 0.29) is 19.1 Å². The van der Waals surface area contributed by atoms with E-state index in [0.717, 1.165) is 39.1 Å². The Balaban J connectivity index is 1.23. The second kappa shape index (κ2) is 12.5. The number of benzene rings is 3. The summed E-state index contributed by atoms with van der Waals surface area (Å²) in [5.74, 6) is -0.863. The number of aliphatic hydroxyl groups is 2. The quantitative estimate of drug-likeness (QED) is 0.227. The Kier molecular flexibility index (Phi) is 8.48. The summed E-state index contributed by atoms with van der Waals surface area (Å²) in [6, 6.07) is 21.2. The van der Waals surface area contributed by atoms with E-state index in [1.807, 2.05) is 85.9 Å². The minimum absolute atomic E-state index is 0.0232. The average Bonchev–Trinajstić information content (AvgIpc) is 3.56. The lowest BCUT2D eigenvalue weighted by atomic mass is 9.83. The van der Waals surface area contributed by atoms with Gasteiger partial charge in [-0.2, -0.15) is 0 Å². The van der Waals surface area contributed by atoms with Gasteiger partial charge in [0.1, 0.15) is 0 Å². The third-order valence-electron chi connectivity index (χ3n) is 8.39. The van der Waals surface area contributed by atoms with Crippen LogP contribution in [0.4, 0.5) is 17.1 Å². The number of hydrogen-bond acceptors (Lipinski definition) is 6. The molecular formula is C34H34BrN5O4. The zero-order valence-corrected chi connectivity index (χ0v) is 26.0. The van der Waals surface area contributed by atoms with Crippen LogP contribution in [0, 0.1) is 5.92 Å². The van der Waals surface area contributed by atoms with Crippen LogP contribution in [0.25, 0.3) is 0 Å². The van der Waals surface area contributed by atoms with Gasteiger partial charge in [0.05, 0.1) is 23.6 Å². The first-order valence-corrected chi connectivity index (χ1v) is 15.6. The number of rotatable bonds is 10. The molecule has 0 bridgehead atoms. The molecule has 2 atom stereocenters. The van der Waals surface area contributed by atoms with E-state index < -0.39 is 17.4 Å². The molecule has 44 heavy (non-hydrogen) atoms. The lowest BCUT2D eigenvalue weighted by Gasteiger charge is -2.30. The van der Waals surface area contributed by atoms with Crippen molar-refractivity contribution in [3.8, 4) is 0 Å². The maximum absolute atomic E-state index is 14.1. The molecule has 6 rings (SSSR count). The van der Waals surface area contributed by atoms with Gasteiger partial charge in [-0.05, 0) is 60.4 Å². The molecule has 0 saturated heterocycles. The largest absolute Gasteiger partial charge is 0.396 e. The molecule has 4 aromatic rings. The Hall–Kier alpha value is -4.12. The number of aryl methyl sites for hydroxylation is 2. The van der Waals surface area contributed by atoms with E-state index in [0.29, 0.717) is 37.1 Å². The molecule has 0 aliphatic carbocycles. The third kappa shape index (κ3) is 5.60. The highest BCUT2D eigenvalue weighted by Crippen LogP contribution is 2.47. The molecule has 9 nitrogen and oxygen atoms in total.